The second-order valence-electron chi connectivity index (χ2n) is 7.45. The molecule has 0 aliphatic rings. The molecule has 33 heavy (non-hydrogen) atoms. The number of hydrogen-bond donors (Lipinski definition) is 2. The van der Waals surface area contributed by atoms with E-state index in [4.69, 9.17) is 19.7 Å². The van der Waals surface area contributed by atoms with Gasteiger partial charge in [0.2, 0.25) is 0 Å². The normalized spacial score (nSPS) is 10.4. The Balaban J connectivity index is 1.51. The van der Waals surface area contributed by atoms with Crippen LogP contribution in [-0.2, 0) is 22.4 Å². The number of para-hydroxylation sites is 1. The van der Waals surface area contributed by atoms with Gasteiger partial charge < -0.3 is 24.6 Å². The van der Waals surface area contributed by atoms with Crippen LogP contribution in [0.15, 0.2) is 78.9 Å². The molecule has 2 N–H and O–H groups in total. The van der Waals surface area contributed by atoms with Crippen LogP contribution in [-0.4, -0.2) is 48.5 Å². The van der Waals surface area contributed by atoms with Gasteiger partial charge in [0.1, 0.15) is 24.7 Å². The molecule has 0 saturated carbocycles. The van der Waals surface area contributed by atoms with E-state index in [-0.39, 0.29) is 12.8 Å². The summed E-state index contributed by atoms with van der Waals surface area (Å²) in [6.45, 7) is 2.19. The molecule has 172 valence electrons. The van der Waals surface area contributed by atoms with Gasteiger partial charge in [-0.25, -0.2) is 0 Å². The lowest BCUT2D eigenvalue weighted by Crippen LogP contribution is -2.32. The number of ether oxygens (including phenoxy) is 2. The second-order valence-corrected chi connectivity index (χ2v) is 7.45. The lowest BCUT2D eigenvalue weighted by molar-refractivity contribution is -0.137. The van der Waals surface area contributed by atoms with E-state index in [0.29, 0.717) is 37.8 Å². The molecule has 3 aromatic rings. The molecule has 3 aromatic carbocycles. The maximum absolute atomic E-state index is 10.8. The smallest absolute Gasteiger partial charge is 0.307 e. The SMILES string of the molecule is O=C(O)Cc1ccc(OCCN(CCOc2ccc(CC(=O)O)cc2)c2ccccc2)cc1. The predicted molar refractivity (Wildman–Crippen MR) is 125 cm³/mol. The van der Waals surface area contributed by atoms with Crippen molar-refractivity contribution in [3.05, 3.63) is 90.0 Å². The van der Waals surface area contributed by atoms with E-state index in [0.717, 1.165) is 16.8 Å². The van der Waals surface area contributed by atoms with Crippen LogP contribution >= 0.6 is 0 Å². The molecule has 0 radical (unpaired) electrons. The molecule has 0 saturated heterocycles. The summed E-state index contributed by atoms with van der Waals surface area (Å²) in [5.41, 5.74) is 2.51. The van der Waals surface area contributed by atoms with E-state index in [2.05, 4.69) is 4.90 Å². The highest BCUT2D eigenvalue weighted by atomic mass is 16.5. The maximum atomic E-state index is 10.8. The standard InChI is InChI=1S/C26H27NO6/c28-25(29)18-20-6-10-23(11-7-20)32-16-14-27(22-4-2-1-3-5-22)15-17-33-24-12-8-21(9-13-24)19-26(30)31/h1-13H,14-19H2,(H,28,29)(H,30,31). The van der Waals surface area contributed by atoms with Gasteiger partial charge in [0.15, 0.2) is 0 Å². The van der Waals surface area contributed by atoms with Crippen LogP contribution in [0.2, 0.25) is 0 Å². The van der Waals surface area contributed by atoms with E-state index < -0.39 is 11.9 Å². The summed E-state index contributed by atoms with van der Waals surface area (Å²) in [6.07, 6.45) is -0.0191. The fourth-order valence-corrected chi connectivity index (χ4v) is 3.31. The molecule has 0 amide bonds. The molecule has 0 bridgehead atoms. The van der Waals surface area contributed by atoms with Crippen molar-refractivity contribution >= 4 is 17.6 Å². The van der Waals surface area contributed by atoms with Crippen molar-refractivity contribution in [3.8, 4) is 11.5 Å². The molecule has 0 heterocycles. The molecule has 0 unspecified atom stereocenters. The van der Waals surface area contributed by atoms with Crippen molar-refractivity contribution in [3.63, 3.8) is 0 Å². The number of hydrogen-bond acceptors (Lipinski definition) is 5. The summed E-state index contributed by atoms with van der Waals surface area (Å²) >= 11 is 0. The van der Waals surface area contributed by atoms with Gasteiger partial charge in [0.25, 0.3) is 0 Å². The number of carboxylic acids is 2. The fourth-order valence-electron chi connectivity index (χ4n) is 3.31. The number of rotatable bonds is 13. The Morgan fingerprint density at radius 3 is 1.45 bits per heavy atom. The first kappa shape index (κ1) is 23.7. The molecule has 0 aliphatic carbocycles. The first-order valence-corrected chi connectivity index (χ1v) is 10.7. The van der Waals surface area contributed by atoms with E-state index in [1.165, 1.54) is 0 Å². The highest BCUT2D eigenvalue weighted by Gasteiger charge is 2.08. The Labute approximate surface area is 192 Å². The third-order valence-corrected chi connectivity index (χ3v) is 4.94. The van der Waals surface area contributed by atoms with Crippen LogP contribution in [0.3, 0.4) is 0 Å². The van der Waals surface area contributed by atoms with Gasteiger partial charge >= 0.3 is 11.9 Å². The summed E-state index contributed by atoms with van der Waals surface area (Å²) in [5, 5.41) is 17.7. The monoisotopic (exact) mass is 449 g/mol. The van der Waals surface area contributed by atoms with Crippen molar-refractivity contribution in [2.24, 2.45) is 0 Å². The van der Waals surface area contributed by atoms with Gasteiger partial charge in [-0.1, -0.05) is 42.5 Å². The Bertz CT molecular complexity index is 953. The molecule has 7 heteroatoms. The zero-order valence-electron chi connectivity index (χ0n) is 18.2. The predicted octanol–water partition coefficient (Wildman–Crippen LogP) is 3.91. The van der Waals surface area contributed by atoms with Gasteiger partial charge in [-0.15, -0.1) is 0 Å². The lowest BCUT2D eigenvalue weighted by Gasteiger charge is -2.25. The van der Waals surface area contributed by atoms with Crippen molar-refractivity contribution < 1.29 is 29.3 Å². The van der Waals surface area contributed by atoms with E-state index >= 15 is 0 Å². The molecule has 0 fully saturated rings. The first-order chi connectivity index (χ1) is 16.0. The number of anilines is 1. The number of nitrogens with zero attached hydrogens (tertiary/aromatic N) is 1. The van der Waals surface area contributed by atoms with Crippen LogP contribution in [0, 0.1) is 0 Å². The van der Waals surface area contributed by atoms with Gasteiger partial charge in [-0.2, -0.15) is 0 Å². The van der Waals surface area contributed by atoms with E-state index in [9.17, 15) is 9.59 Å². The Morgan fingerprint density at radius 2 is 1.06 bits per heavy atom. The number of aliphatic carboxylic acids is 2. The summed E-state index contributed by atoms with van der Waals surface area (Å²) < 4.78 is 11.7. The minimum absolute atomic E-state index is 0.00957. The molecule has 3 rings (SSSR count). The summed E-state index contributed by atoms with van der Waals surface area (Å²) in [5.74, 6) is -0.342. The quantitative estimate of drug-likeness (QED) is 0.408. The largest absolute Gasteiger partial charge is 0.492 e. The Morgan fingerprint density at radius 1 is 0.636 bits per heavy atom. The van der Waals surface area contributed by atoms with Crippen LogP contribution < -0.4 is 14.4 Å². The zero-order chi connectivity index (χ0) is 23.5. The second kappa shape index (κ2) is 12.1. The maximum Gasteiger partial charge on any atom is 0.307 e. The van der Waals surface area contributed by atoms with Gasteiger partial charge in [0, 0.05) is 5.69 Å². The average molecular weight is 450 g/mol. The minimum Gasteiger partial charge on any atom is -0.492 e. The van der Waals surface area contributed by atoms with Crippen molar-refractivity contribution in [1.29, 1.82) is 0 Å². The molecular formula is C26H27NO6. The summed E-state index contributed by atoms with van der Waals surface area (Å²) in [7, 11) is 0. The number of benzene rings is 3. The third kappa shape index (κ3) is 8.22. The first-order valence-electron chi connectivity index (χ1n) is 10.7. The van der Waals surface area contributed by atoms with Crippen molar-refractivity contribution in [2.45, 2.75) is 12.8 Å². The zero-order valence-corrected chi connectivity index (χ0v) is 18.2. The topological polar surface area (TPSA) is 96.3 Å². The van der Waals surface area contributed by atoms with Crippen LogP contribution in [0.4, 0.5) is 5.69 Å². The van der Waals surface area contributed by atoms with Crippen LogP contribution in [0.1, 0.15) is 11.1 Å². The molecule has 0 atom stereocenters. The highest BCUT2D eigenvalue weighted by Crippen LogP contribution is 2.17. The molecule has 0 spiro atoms. The minimum atomic E-state index is -0.861. The summed E-state index contributed by atoms with van der Waals surface area (Å²) in [6, 6.07) is 24.1. The average Bonchev–Trinajstić information content (AvgIpc) is 2.80. The molecule has 0 aromatic heterocycles. The molecule has 0 aliphatic heterocycles. The van der Waals surface area contributed by atoms with Gasteiger partial charge in [0.05, 0.1) is 25.9 Å². The highest BCUT2D eigenvalue weighted by molar-refractivity contribution is 5.70. The van der Waals surface area contributed by atoms with E-state index in [1.807, 2.05) is 30.3 Å². The van der Waals surface area contributed by atoms with Crippen LogP contribution in [0.25, 0.3) is 0 Å². The molecular weight excluding hydrogens is 422 g/mol. The van der Waals surface area contributed by atoms with Crippen LogP contribution in [0.5, 0.6) is 11.5 Å². The van der Waals surface area contributed by atoms with Gasteiger partial charge in [-0.3, -0.25) is 9.59 Å². The van der Waals surface area contributed by atoms with Crippen molar-refractivity contribution in [2.75, 3.05) is 31.2 Å². The summed E-state index contributed by atoms with van der Waals surface area (Å²) in [4.78, 5) is 23.8. The lowest BCUT2D eigenvalue weighted by atomic mass is 10.1. The number of carboxylic acid groups (broad SMARTS) is 2. The molecule has 7 nitrogen and oxygen atoms in total. The number of carbonyl (C=O) groups is 2. The van der Waals surface area contributed by atoms with Gasteiger partial charge in [-0.05, 0) is 47.5 Å². The van der Waals surface area contributed by atoms with Crippen molar-refractivity contribution in [1.82, 2.24) is 0 Å². The Hall–Kier alpha value is -4.00. The third-order valence-electron chi connectivity index (χ3n) is 4.94. The fraction of sp³-hybridized carbons (Fsp3) is 0.231. The van der Waals surface area contributed by atoms with E-state index in [1.54, 1.807) is 48.5 Å². The Kier molecular flexibility index (Phi) is 8.71.